The number of aromatic carboxylic acids is 1. The Morgan fingerprint density at radius 1 is 1.22 bits per heavy atom. The smallest absolute Gasteiger partial charge is 0.335 e. The largest absolute Gasteiger partial charge is 0.478 e. The van der Waals surface area contributed by atoms with Crippen molar-refractivity contribution < 1.29 is 15.0 Å². The summed E-state index contributed by atoms with van der Waals surface area (Å²) in [6.07, 6.45) is 1.71. The molecule has 0 bridgehead atoms. The van der Waals surface area contributed by atoms with Crippen LogP contribution in [0.1, 0.15) is 42.6 Å². The van der Waals surface area contributed by atoms with Crippen LogP contribution in [-0.4, -0.2) is 28.3 Å². The molecule has 0 aliphatic carbocycles. The van der Waals surface area contributed by atoms with E-state index in [9.17, 15) is 9.90 Å². The van der Waals surface area contributed by atoms with Crippen molar-refractivity contribution in [2.75, 3.05) is 6.61 Å². The monoisotopic (exact) mass is 251 g/mol. The van der Waals surface area contributed by atoms with E-state index in [1.807, 2.05) is 13.8 Å². The minimum absolute atomic E-state index is 0.104. The van der Waals surface area contributed by atoms with Crippen molar-refractivity contribution in [1.29, 1.82) is 0 Å². The fraction of sp³-hybridized carbons (Fsp3) is 0.500. The first-order valence-electron chi connectivity index (χ1n) is 6.25. The Balaban J connectivity index is 2.65. The molecular formula is C14H21NO3. The molecule has 1 aromatic rings. The third-order valence-electron chi connectivity index (χ3n) is 3.52. The van der Waals surface area contributed by atoms with Crippen LogP contribution >= 0.6 is 0 Å². The zero-order valence-corrected chi connectivity index (χ0v) is 10.9. The third-order valence-corrected chi connectivity index (χ3v) is 3.52. The van der Waals surface area contributed by atoms with Crippen molar-refractivity contribution in [2.24, 2.45) is 0 Å². The maximum absolute atomic E-state index is 10.7. The lowest BCUT2D eigenvalue weighted by atomic mass is 9.93. The van der Waals surface area contributed by atoms with E-state index in [-0.39, 0.29) is 17.7 Å². The molecule has 0 saturated heterocycles. The molecule has 0 atom stereocenters. The Morgan fingerprint density at radius 3 is 2.17 bits per heavy atom. The van der Waals surface area contributed by atoms with Gasteiger partial charge in [-0.15, -0.1) is 0 Å². The van der Waals surface area contributed by atoms with Gasteiger partial charge in [-0.05, 0) is 30.5 Å². The molecule has 0 aliphatic rings. The molecule has 1 aromatic carbocycles. The number of hydrogen-bond donors (Lipinski definition) is 3. The van der Waals surface area contributed by atoms with Gasteiger partial charge < -0.3 is 15.5 Å². The second kappa shape index (κ2) is 6.52. The number of benzene rings is 1. The third kappa shape index (κ3) is 3.55. The van der Waals surface area contributed by atoms with Crippen molar-refractivity contribution in [3.63, 3.8) is 0 Å². The molecule has 3 N–H and O–H groups in total. The molecule has 4 heteroatoms. The van der Waals surface area contributed by atoms with Crippen LogP contribution in [0.15, 0.2) is 24.3 Å². The Hall–Kier alpha value is -1.39. The summed E-state index contributed by atoms with van der Waals surface area (Å²) >= 11 is 0. The van der Waals surface area contributed by atoms with E-state index in [1.165, 1.54) is 0 Å². The molecule has 4 nitrogen and oxygen atoms in total. The average Bonchev–Trinajstić information content (AvgIpc) is 2.41. The molecule has 0 aromatic heterocycles. The van der Waals surface area contributed by atoms with Crippen LogP contribution in [0.2, 0.25) is 0 Å². The second-order valence-electron chi connectivity index (χ2n) is 4.50. The Kier molecular flexibility index (Phi) is 5.31. The lowest BCUT2D eigenvalue weighted by Gasteiger charge is -2.31. The average molecular weight is 251 g/mol. The van der Waals surface area contributed by atoms with Gasteiger partial charge in [0.05, 0.1) is 12.2 Å². The van der Waals surface area contributed by atoms with E-state index in [4.69, 9.17) is 5.11 Å². The minimum atomic E-state index is -0.915. The fourth-order valence-electron chi connectivity index (χ4n) is 1.83. The van der Waals surface area contributed by atoms with Crippen LogP contribution in [-0.2, 0) is 6.54 Å². The summed E-state index contributed by atoms with van der Waals surface area (Å²) < 4.78 is 0. The van der Waals surface area contributed by atoms with Crippen LogP contribution in [0.5, 0.6) is 0 Å². The van der Waals surface area contributed by atoms with Gasteiger partial charge in [-0.2, -0.15) is 0 Å². The van der Waals surface area contributed by atoms with Gasteiger partial charge in [0.1, 0.15) is 0 Å². The van der Waals surface area contributed by atoms with Crippen molar-refractivity contribution >= 4 is 5.97 Å². The standard InChI is InChI=1S/C14H21NO3/c1-3-14(4-2,10-16)15-9-11-5-7-12(8-6-11)13(17)18/h5-8,15-16H,3-4,9-10H2,1-2H3,(H,17,18). The first-order valence-corrected chi connectivity index (χ1v) is 6.25. The number of carboxylic acids is 1. The van der Waals surface area contributed by atoms with Crippen LogP contribution in [0.25, 0.3) is 0 Å². The number of aliphatic hydroxyl groups is 1. The molecule has 0 unspecified atom stereocenters. The number of aliphatic hydroxyl groups excluding tert-OH is 1. The topological polar surface area (TPSA) is 69.6 Å². The first kappa shape index (κ1) is 14.7. The molecule has 18 heavy (non-hydrogen) atoms. The van der Waals surface area contributed by atoms with E-state index in [1.54, 1.807) is 24.3 Å². The summed E-state index contributed by atoms with van der Waals surface area (Å²) in [5, 5.41) is 21.6. The Labute approximate surface area is 108 Å². The lowest BCUT2D eigenvalue weighted by molar-refractivity contribution is 0.0697. The van der Waals surface area contributed by atoms with Gasteiger partial charge in [0, 0.05) is 12.1 Å². The Bertz CT molecular complexity index is 374. The highest BCUT2D eigenvalue weighted by Gasteiger charge is 2.23. The van der Waals surface area contributed by atoms with Gasteiger partial charge in [-0.1, -0.05) is 26.0 Å². The van der Waals surface area contributed by atoms with Crippen molar-refractivity contribution in [1.82, 2.24) is 5.32 Å². The van der Waals surface area contributed by atoms with Crippen molar-refractivity contribution in [3.8, 4) is 0 Å². The van der Waals surface area contributed by atoms with Gasteiger partial charge >= 0.3 is 5.97 Å². The molecule has 0 aliphatic heterocycles. The lowest BCUT2D eigenvalue weighted by Crippen LogP contribution is -2.47. The van der Waals surface area contributed by atoms with E-state index in [0.29, 0.717) is 6.54 Å². The summed E-state index contributed by atoms with van der Waals surface area (Å²) in [6, 6.07) is 6.78. The van der Waals surface area contributed by atoms with E-state index in [0.717, 1.165) is 18.4 Å². The van der Waals surface area contributed by atoms with E-state index < -0.39 is 5.97 Å². The highest BCUT2D eigenvalue weighted by Crippen LogP contribution is 2.15. The summed E-state index contributed by atoms with van der Waals surface area (Å²) in [4.78, 5) is 10.7. The van der Waals surface area contributed by atoms with Gasteiger partial charge in [-0.25, -0.2) is 4.79 Å². The predicted molar refractivity (Wildman–Crippen MR) is 70.6 cm³/mol. The van der Waals surface area contributed by atoms with Crippen molar-refractivity contribution in [3.05, 3.63) is 35.4 Å². The molecule has 0 saturated carbocycles. The zero-order chi connectivity index (χ0) is 13.6. The highest BCUT2D eigenvalue weighted by molar-refractivity contribution is 5.87. The summed E-state index contributed by atoms with van der Waals surface area (Å²) in [5.41, 5.74) is 1.06. The quantitative estimate of drug-likeness (QED) is 0.693. The van der Waals surface area contributed by atoms with Gasteiger partial charge in [0.15, 0.2) is 0 Å². The first-order chi connectivity index (χ1) is 8.56. The second-order valence-corrected chi connectivity index (χ2v) is 4.50. The van der Waals surface area contributed by atoms with E-state index >= 15 is 0 Å². The highest BCUT2D eigenvalue weighted by atomic mass is 16.4. The zero-order valence-electron chi connectivity index (χ0n) is 10.9. The van der Waals surface area contributed by atoms with E-state index in [2.05, 4.69) is 5.32 Å². The number of carbonyl (C=O) groups is 1. The van der Waals surface area contributed by atoms with Gasteiger partial charge in [-0.3, -0.25) is 0 Å². The number of nitrogens with one attached hydrogen (secondary N) is 1. The van der Waals surface area contributed by atoms with Crippen LogP contribution < -0.4 is 5.32 Å². The van der Waals surface area contributed by atoms with Crippen molar-refractivity contribution in [2.45, 2.75) is 38.8 Å². The SMILES string of the molecule is CCC(CC)(CO)NCc1ccc(C(=O)O)cc1. The van der Waals surface area contributed by atoms with Gasteiger partial charge in [0.25, 0.3) is 0 Å². The maximum atomic E-state index is 10.7. The molecule has 0 amide bonds. The normalized spacial score (nSPS) is 11.5. The van der Waals surface area contributed by atoms with Crippen LogP contribution in [0.4, 0.5) is 0 Å². The number of hydrogen-bond acceptors (Lipinski definition) is 3. The molecule has 0 fully saturated rings. The number of rotatable bonds is 7. The fourth-order valence-corrected chi connectivity index (χ4v) is 1.83. The van der Waals surface area contributed by atoms with Gasteiger partial charge in [0.2, 0.25) is 0 Å². The minimum Gasteiger partial charge on any atom is -0.478 e. The summed E-state index contributed by atoms with van der Waals surface area (Å²) in [5.74, 6) is -0.915. The summed E-state index contributed by atoms with van der Waals surface area (Å²) in [6.45, 7) is 4.82. The molecule has 100 valence electrons. The molecule has 0 radical (unpaired) electrons. The Morgan fingerprint density at radius 2 is 1.78 bits per heavy atom. The molecular weight excluding hydrogens is 230 g/mol. The van der Waals surface area contributed by atoms with Crippen LogP contribution in [0.3, 0.4) is 0 Å². The maximum Gasteiger partial charge on any atom is 0.335 e. The summed E-state index contributed by atoms with van der Waals surface area (Å²) in [7, 11) is 0. The molecule has 0 spiro atoms. The molecule has 1 rings (SSSR count). The van der Waals surface area contributed by atoms with Crippen LogP contribution in [0, 0.1) is 0 Å². The molecule has 0 heterocycles. The predicted octanol–water partition coefficient (Wildman–Crippen LogP) is 2.03. The number of carboxylic acid groups (broad SMARTS) is 1.